The summed E-state index contributed by atoms with van der Waals surface area (Å²) in [6, 6.07) is 66.0. The Morgan fingerprint density at radius 2 is 0.836 bits per heavy atom. The van der Waals surface area contributed by atoms with Crippen molar-refractivity contribution in [2.24, 2.45) is 10.7 Å². The van der Waals surface area contributed by atoms with Crippen molar-refractivity contribution in [2.75, 3.05) is 59.1 Å². The molecule has 0 saturated carbocycles. The quantitative estimate of drug-likeness (QED) is 0.00771. The lowest BCUT2D eigenvalue weighted by Crippen LogP contribution is -2.34. The molecular formula is C102H120N22O4. The van der Waals surface area contributed by atoms with Gasteiger partial charge in [0.05, 0.1) is 140 Å². The summed E-state index contributed by atoms with van der Waals surface area (Å²) in [5, 5.41) is 15.1. The number of rotatable bonds is 38. The number of nitrogens with zero attached hydrogens (tertiary/aromatic N) is 15. The maximum Gasteiger partial charge on any atom is 0.335 e. The smallest absolute Gasteiger partial charge is 0.335 e. The van der Waals surface area contributed by atoms with Gasteiger partial charge in [-0.3, -0.25) is 49.6 Å². The van der Waals surface area contributed by atoms with Crippen molar-refractivity contribution in [2.45, 2.75) is 185 Å². The minimum atomic E-state index is -0.938. The standard InChI is InChI=1S/C29H33N7.C29H33N5O3.C22H27N5O.C22H27N5/c30-16-5-6-18-35(26-15-7-9-21-10-8-17-31-29(21)26)20-28-34-24-13-3-4-14-25(24)36(28)19-27-32-22-11-1-2-12-23(22)33-27;35-29(36)22-12-14-23(15-13-22)37-20-30-16-3-4-18-34(19-27-32-24-9-1-2-10-25(24)33-27)26-11-5-7-21-8-6-17-31-28(21)26;28-16-23-12-3-4-14-27(15-21-25-18-9-1-2-10-19(18)26-21)20-11-5-7-17-8-6-13-24-22(17)20;1-23-13-4-5-15-27(16-21-25-18-10-2-3-11-19(18)26-21)20-12-6-8-17-9-7-14-24-22(17)20/h1-4,8,10-14,17,26H,5-7,9,15-16,18-20,30H2,(H,32,33);1-2,6,8-10,12-15,17,26,30H,3-5,7,11,16,18-20H2,(H,32,33)(H,35,36);1-2,6,8-10,13,16,20H,3-5,7,11-12,14-15H2,(H,23,28)(H,25,26);2-3,7,9-11,14,20H,1,4-6,8,12-13,15-16H2,(H,25,26)/t2*26-;2*20-/m0000/s1. The van der Waals surface area contributed by atoms with Crippen LogP contribution in [-0.4, -0.2) is 172 Å². The molecule has 15 aromatic rings. The third-order valence-corrected chi connectivity index (χ3v) is 25.1. The number of aromatic nitrogens is 14. The first-order valence-corrected chi connectivity index (χ1v) is 46.0. The van der Waals surface area contributed by atoms with Gasteiger partial charge in [-0.05, 0) is 306 Å². The largest absolute Gasteiger partial charge is 0.478 e. The van der Waals surface area contributed by atoms with Crippen LogP contribution in [0.3, 0.4) is 0 Å². The Hall–Kier alpha value is -12.6. The molecule has 4 aliphatic rings. The summed E-state index contributed by atoms with van der Waals surface area (Å²) in [4.78, 5) is 93.0. The van der Waals surface area contributed by atoms with E-state index in [1.54, 1.807) is 24.3 Å². The molecule has 0 spiro atoms. The summed E-state index contributed by atoms with van der Waals surface area (Å²) in [6.45, 7) is 14.8. The normalized spacial score (nSPS) is 15.8. The minimum Gasteiger partial charge on any atom is -0.478 e. The highest BCUT2D eigenvalue weighted by atomic mass is 16.5. The number of nitrogens with one attached hydrogen (secondary N) is 6. The highest BCUT2D eigenvalue weighted by Crippen LogP contribution is 2.39. The Morgan fingerprint density at radius 3 is 1.25 bits per heavy atom. The van der Waals surface area contributed by atoms with Gasteiger partial charge in [0, 0.05) is 37.9 Å². The molecule has 0 fully saturated rings. The summed E-state index contributed by atoms with van der Waals surface area (Å²) < 4.78 is 8.00. The van der Waals surface area contributed by atoms with Gasteiger partial charge < -0.3 is 50.4 Å². The molecular weight excluding hydrogens is 1600 g/mol. The summed E-state index contributed by atoms with van der Waals surface area (Å²) in [5.41, 5.74) is 27.1. The van der Waals surface area contributed by atoms with Crippen molar-refractivity contribution < 1.29 is 19.4 Å². The van der Waals surface area contributed by atoms with Crippen molar-refractivity contribution in [1.82, 2.24) is 99.6 Å². The number of unbranched alkanes of at least 4 members (excludes halogenated alkanes) is 4. The molecule has 0 bridgehead atoms. The van der Waals surface area contributed by atoms with Gasteiger partial charge in [-0.25, -0.2) is 29.7 Å². The molecule has 0 unspecified atom stereocenters. The number of aromatic carboxylic acids is 1. The first kappa shape index (κ1) is 88.9. The zero-order valence-corrected chi connectivity index (χ0v) is 73.4. The summed E-state index contributed by atoms with van der Waals surface area (Å²) in [7, 11) is 0. The number of carbonyl (C=O) groups excluding carboxylic acids is 1. The lowest BCUT2D eigenvalue weighted by molar-refractivity contribution is -0.109. The Kier molecular flexibility index (Phi) is 31.4. The molecule has 26 heteroatoms. The van der Waals surface area contributed by atoms with Crippen LogP contribution in [0.1, 0.15) is 211 Å². The van der Waals surface area contributed by atoms with Gasteiger partial charge in [0.25, 0.3) is 0 Å². The van der Waals surface area contributed by atoms with Gasteiger partial charge in [-0.2, -0.15) is 0 Å². The molecule has 9 N–H and O–H groups in total. The molecule has 4 aliphatic carbocycles. The van der Waals surface area contributed by atoms with Crippen LogP contribution in [0, 0.1) is 0 Å². The first-order chi connectivity index (χ1) is 63.2. The number of imidazole rings is 5. The van der Waals surface area contributed by atoms with Gasteiger partial charge >= 0.3 is 5.97 Å². The van der Waals surface area contributed by atoms with Crippen LogP contribution in [0.15, 0.2) is 224 Å². The van der Waals surface area contributed by atoms with E-state index in [0.29, 0.717) is 43.2 Å². The molecule has 6 aromatic carbocycles. The average molecular weight is 1720 g/mol. The number of benzene rings is 6. The number of fused-ring (bicyclic) bond motifs is 9. The number of aliphatic imine (C=N–C) groups is 1. The molecule has 4 atom stereocenters. The SMILES string of the molecule is C=NCCCCN(Cc1nc2ccccc2[nH]1)[C@H]1CCCc2cccnc21.NCCCCN(Cc1nc2ccccc2n1Cc1nc2ccccc2[nH]1)[C@H]1CCCc2cccnc21.O=C(O)c1ccc(OCNCCCCN(Cc2nc3ccccc3[nH]2)[C@H]2CCCc3cccnc32)cc1.O=CNCCCCN(Cc1nc2ccccc2[nH]1)[C@H]1CCCc2cccnc21. The van der Waals surface area contributed by atoms with Crippen molar-refractivity contribution in [3.8, 4) is 5.75 Å². The highest BCUT2D eigenvalue weighted by molar-refractivity contribution is 5.87. The molecule has 9 aromatic heterocycles. The number of nitrogens with two attached hydrogens (primary N) is 1. The maximum absolute atomic E-state index is 11.0. The highest BCUT2D eigenvalue weighted by Gasteiger charge is 2.33. The van der Waals surface area contributed by atoms with Crippen LogP contribution in [0.25, 0.3) is 55.2 Å². The number of ether oxygens (including phenoxy) is 1. The average Bonchev–Trinajstić information content (AvgIpc) is 1.58. The molecule has 0 saturated heterocycles. The number of hydrogen-bond donors (Lipinski definition) is 8. The van der Waals surface area contributed by atoms with E-state index in [2.05, 4.69) is 164 Å². The maximum atomic E-state index is 11.0. The topological polar surface area (TPSA) is 323 Å². The number of carboxylic acid groups (broad SMARTS) is 1. The zero-order chi connectivity index (χ0) is 87.4. The van der Waals surface area contributed by atoms with E-state index in [4.69, 9.17) is 60.4 Å². The van der Waals surface area contributed by atoms with Crippen LogP contribution in [-0.2, 0) is 63.2 Å². The molecule has 26 nitrogen and oxygen atoms in total. The minimum absolute atomic E-state index is 0.253. The number of aromatic amines is 4. The van der Waals surface area contributed by atoms with E-state index in [1.807, 2.05) is 97.6 Å². The van der Waals surface area contributed by atoms with Gasteiger partial charge in [0.2, 0.25) is 6.41 Å². The fourth-order valence-corrected chi connectivity index (χ4v) is 18.9. The van der Waals surface area contributed by atoms with Crippen LogP contribution in [0.2, 0.25) is 0 Å². The molecule has 1 amide bonds. The fourth-order valence-electron chi connectivity index (χ4n) is 18.9. The Morgan fingerprint density at radius 1 is 0.453 bits per heavy atom. The summed E-state index contributed by atoms with van der Waals surface area (Å²) in [5.74, 6) is 4.73. The lowest BCUT2D eigenvalue weighted by atomic mass is 9.90. The molecule has 9 heterocycles. The van der Waals surface area contributed by atoms with Gasteiger partial charge in [0.15, 0.2) is 0 Å². The second-order valence-corrected chi connectivity index (χ2v) is 33.9. The third kappa shape index (κ3) is 23.2. The van der Waals surface area contributed by atoms with E-state index in [0.717, 1.165) is 272 Å². The Labute approximate surface area is 748 Å². The van der Waals surface area contributed by atoms with Crippen LogP contribution < -0.4 is 21.1 Å². The van der Waals surface area contributed by atoms with Crippen molar-refractivity contribution in [3.05, 3.63) is 299 Å². The molecule has 0 aliphatic heterocycles. The predicted octanol–water partition coefficient (Wildman–Crippen LogP) is 17.6. The van der Waals surface area contributed by atoms with E-state index < -0.39 is 5.97 Å². The molecule has 19 rings (SSSR count). The van der Waals surface area contributed by atoms with Crippen LogP contribution in [0.4, 0.5) is 0 Å². The third-order valence-electron chi connectivity index (χ3n) is 25.1. The van der Waals surface area contributed by atoms with Gasteiger partial charge in [-0.1, -0.05) is 84.9 Å². The number of carbonyl (C=O) groups is 2. The Bertz CT molecular complexity index is 5920. The predicted molar refractivity (Wildman–Crippen MR) is 506 cm³/mol. The number of hydrogen-bond acceptors (Lipinski definition) is 19. The lowest BCUT2D eigenvalue weighted by Gasteiger charge is -2.35. The summed E-state index contributed by atoms with van der Waals surface area (Å²) in [6.07, 6.45) is 30.5. The van der Waals surface area contributed by atoms with E-state index in [-0.39, 0.29) is 5.56 Å². The van der Waals surface area contributed by atoms with E-state index >= 15 is 0 Å². The van der Waals surface area contributed by atoms with Crippen LogP contribution in [0.5, 0.6) is 5.75 Å². The molecule has 0 radical (unpaired) electrons. The molecule has 662 valence electrons. The number of amides is 1. The van der Waals surface area contributed by atoms with Crippen molar-refractivity contribution in [1.29, 1.82) is 0 Å². The van der Waals surface area contributed by atoms with Gasteiger partial charge in [0.1, 0.15) is 41.6 Å². The summed E-state index contributed by atoms with van der Waals surface area (Å²) >= 11 is 0. The number of H-pyrrole nitrogens is 4. The number of para-hydroxylation sites is 10. The number of pyridine rings is 4. The van der Waals surface area contributed by atoms with Gasteiger partial charge in [-0.15, -0.1) is 0 Å². The Balaban J connectivity index is 0.000000126. The second kappa shape index (κ2) is 45.2. The van der Waals surface area contributed by atoms with Crippen molar-refractivity contribution in [3.63, 3.8) is 0 Å². The van der Waals surface area contributed by atoms with E-state index in [1.165, 1.54) is 70.7 Å². The zero-order valence-electron chi connectivity index (χ0n) is 73.4. The van der Waals surface area contributed by atoms with Crippen LogP contribution >= 0.6 is 0 Å². The fraction of sp³-hybridized carbons (Fsp3) is 0.373. The second-order valence-electron chi connectivity index (χ2n) is 33.9. The van der Waals surface area contributed by atoms with Crippen molar-refractivity contribution >= 4 is 74.3 Å². The van der Waals surface area contributed by atoms with E-state index in [9.17, 15) is 9.59 Å². The monoisotopic (exact) mass is 1720 g/mol. The molecule has 128 heavy (non-hydrogen) atoms. The number of carboxylic acids is 1. The number of aryl methyl sites for hydroxylation is 4. The first-order valence-electron chi connectivity index (χ1n) is 46.0.